The summed E-state index contributed by atoms with van der Waals surface area (Å²) in [4.78, 5) is 17.4. The molecule has 0 bridgehead atoms. The molecular formula is C19H25ClNO4P. The lowest BCUT2D eigenvalue weighted by molar-refractivity contribution is -0.119. The summed E-state index contributed by atoms with van der Waals surface area (Å²) in [6.45, 7) is 9.42. The molecule has 1 unspecified atom stereocenters. The first-order chi connectivity index (χ1) is 12.1. The number of rotatable bonds is 7. The molecule has 0 fully saturated rings. The molecule has 2 rings (SSSR count). The minimum Gasteiger partial charge on any atom is -0.304 e. The third kappa shape index (κ3) is 4.52. The zero-order valence-electron chi connectivity index (χ0n) is 15.8. The highest BCUT2D eigenvalue weighted by atomic mass is 35.5. The summed E-state index contributed by atoms with van der Waals surface area (Å²) in [5.41, 5.74) is 0.761. The first-order valence-corrected chi connectivity index (χ1v) is 10.5. The van der Waals surface area contributed by atoms with E-state index in [0.717, 1.165) is 5.56 Å². The van der Waals surface area contributed by atoms with E-state index in [9.17, 15) is 9.36 Å². The summed E-state index contributed by atoms with van der Waals surface area (Å²) < 4.78 is 23.9. The molecule has 5 nitrogen and oxygen atoms in total. The van der Waals surface area contributed by atoms with Gasteiger partial charge in [0.2, 0.25) is 0 Å². The molecule has 1 aromatic carbocycles. The van der Waals surface area contributed by atoms with Crippen molar-refractivity contribution in [2.75, 3.05) is 13.2 Å². The van der Waals surface area contributed by atoms with E-state index in [1.165, 1.54) is 0 Å². The molecule has 1 aliphatic heterocycles. The number of allylic oxidation sites excluding steroid dienone is 1. The third-order valence-electron chi connectivity index (χ3n) is 3.87. The van der Waals surface area contributed by atoms with Crippen molar-refractivity contribution in [2.45, 2.75) is 40.5 Å². The second-order valence-electron chi connectivity index (χ2n) is 6.96. The number of hydrogen-bond donors (Lipinski definition) is 0. The van der Waals surface area contributed by atoms with Crippen molar-refractivity contribution in [3.63, 3.8) is 0 Å². The lowest BCUT2D eigenvalue weighted by Gasteiger charge is -2.20. The van der Waals surface area contributed by atoms with Crippen molar-refractivity contribution in [3.8, 4) is 0 Å². The molecule has 0 saturated carbocycles. The molecule has 7 heteroatoms. The standard InChI is InChI=1S/C19H25ClNO4P/c1-6-24-26(23,25-7-2)16-12-15(13-8-10-14(20)11-9-13)17(21-16)18(22)19(3,4)5/h8-12,15H,6-7H2,1-5H3. The Hall–Kier alpha value is -1.26. The molecule has 1 heterocycles. The van der Waals surface area contributed by atoms with Gasteiger partial charge in [0.05, 0.1) is 24.8 Å². The minimum atomic E-state index is -3.57. The van der Waals surface area contributed by atoms with Crippen LogP contribution in [0.1, 0.15) is 46.1 Å². The maximum absolute atomic E-state index is 13.1. The number of Topliss-reactive ketones (excluding diaryl/α,β-unsaturated/α-hetero) is 1. The highest BCUT2D eigenvalue weighted by Gasteiger charge is 2.40. The van der Waals surface area contributed by atoms with Gasteiger partial charge in [-0.3, -0.25) is 9.36 Å². The van der Waals surface area contributed by atoms with Crippen LogP contribution in [0.2, 0.25) is 5.02 Å². The quantitative estimate of drug-likeness (QED) is 0.561. The van der Waals surface area contributed by atoms with E-state index in [2.05, 4.69) is 4.99 Å². The smallest absolute Gasteiger partial charge is 0.304 e. The predicted molar refractivity (Wildman–Crippen MR) is 105 cm³/mol. The Labute approximate surface area is 160 Å². The van der Waals surface area contributed by atoms with Crippen LogP contribution in [0.3, 0.4) is 0 Å². The Morgan fingerprint density at radius 3 is 2.15 bits per heavy atom. The minimum absolute atomic E-state index is 0.108. The third-order valence-corrected chi connectivity index (χ3v) is 6.13. The number of aliphatic imine (C=N–C) groups is 1. The van der Waals surface area contributed by atoms with Gasteiger partial charge in [0.25, 0.3) is 0 Å². The molecule has 1 aliphatic rings. The largest absolute Gasteiger partial charge is 0.379 e. The topological polar surface area (TPSA) is 65.0 Å². The Kier molecular flexibility index (Phi) is 6.62. The van der Waals surface area contributed by atoms with Gasteiger partial charge in [-0.15, -0.1) is 0 Å². The van der Waals surface area contributed by atoms with Crippen molar-refractivity contribution in [3.05, 3.63) is 46.4 Å². The molecule has 0 saturated heterocycles. The number of ketones is 1. The van der Waals surface area contributed by atoms with Crippen LogP contribution in [0.15, 0.2) is 40.8 Å². The Morgan fingerprint density at radius 2 is 1.69 bits per heavy atom. The lowest BCUT2D eigenvalue weighted by Crippen LogP contribution is -2.31. The van der Waals surface area contributed by atoms with Gasteiger partial charge in [0.1, 0.15) is 5.44 Å². The summed E-state index contributed by atoms with van der Waals surface area (Å²) in [5, 5.41) is 0.603. The molecule has 0 N–H and O–H groups in total. The molecule has 0 aliphatic carbocycles. The summed E-state index contributed by atoms with van der Waals surface area (Å²) in [6, 6.07) is 7.19. The highest BCUT2D eigenvalue weighted by Crippen LogP contribution is 2.59. The number of hydrogen-bond acceptors (Lipinski definition) is 5. The van der Waals surface area contributed by atoms with E-state index in [1.807, 2.05) is 32.9 Å². The van der Waals surface area contributed by atoms with Crippen molar-refractivity contribution >= 4 is 30.7 Å². The summed E-state index contributed by atoms with van der Waals surface area (Å²) in [6.07, 6.45) is 1.70. The van der Waals surface area contributed by atoms with E-state index >= 15 is 0 Å². The summed E-state index contributed by atoms with van der Waals surface area (Å²) >= 11 is 5.98. The Morgan fingerprint density at radius 1 is 1.15 bits per heavy atom. The molecule has 142 valence electrons. The second kappa shape index (κ2) is 8.18. The average Bonchev–Trinajstić information content (AvgIpc) is 3.00. The van der Waals surface area contributed by atoms with Crippen LogP contribution in [0.25, 0.3) is 0 Å². The zero-order chi connectivity index (χ0) is 19.5. The van der Waals surface area contributed by atoms with Crippen molar-refractivity contribution in [1.82, 2.24) is 0 Å². The van der Waals surface area contributed by atoms with Crippen LogP contribution < -0.4 is 0 Å². The molecule has 0 aromatic heterocycles. The highest BCUT2D eigenvalue weighted by molar-refractivity contribution is 7.58. The molecule has 1 aromatic rings. The zero-order valence-corrected chi connectivity index (χ0v) is 17.4. The van der Waals surface area contributed by atoms with Gasteiger partial charge in [-0.2, -0.15) is 0 Å². The fraction of sp³-hybridized carbons (Fsp3) is 0.474. The van der Waals surface area contributed by atoms with Crippen LogP contribution >= 0.6 is 19.2 Å². The molecule has 0 spiro atoms. The maximum atomic E-state index is 13.1. The van der Waals surface area contributed by atoms with Gasteiger partial charge in [0, 0.05) is 10.4 Å². The molecule has 0 radical (unpaired) electrons. The number of halogens is 1. The van der Waals surface area contributed by atoms with Crippen molar-refractivity contribution < 1.29 is 18.4 Å². The average molecular weight is 398 g/mol. The Bertz CT molecular complexity index is 768. The maximum Gasteiger partial charge on any atom is 0.379 e. The summed E-state index contributed by atoms with van der Waals surface area (Å²) in [7, 11) is -3.57. The van der Waals surface area contributed by atoms with Gasteiger partial charge in [-0.25, -0.2) is 4.99 Å². The van der Waals surface area contributed by atoms with Crippen LogP contribution in [0.4, 0.5) is 0 Å². The first-order valence-electron chi connectivity index (χ1n) is 8.62. The number of nitrogens with zero attached hydrogens (tertiary/aromatic N) is 1. The lowest BCUT2D eigenvalue weighted by atomic mass is 9.82. The van der Waals surface area contributed by atoms with Crippen molar-refractivity contribution in [2.24, 2.45) is 10.4 Å². The molecule has 26 heavy (non-hydrogen) atoms. The van der Waals surface area contributed by atoms with Crippen LogP contribution in [-0.2, 0) is 18.4 Å². The van der Waals surface area contributed by atoms with Gasteiger partial charge in [-0.1, -0.05) is 44.5 Å². The van der Waals surface area contributed by atoms with Gasteiger partial charge in [0.15, 0.2) is 5.78 Å². The monoisotopic (exact) mass is 397 g/mol. The summed E-state index contributed by atoms with van der Waals surface area (Å²) in [5.74, 6) is -0.522. The first kappa shape index (κ1) is 21.0. The van der Waals surface area contributed by atoms with Crippen LogP contribution in [0.5, 0.6) is 0 Å². The number of carbonyl (C=O) groups excluding carboxylic acids is 1. The van der Waals surface area contributed by atoms with Crippen LogP contribution in [-0.4, -0.2) is 24.7 Å². The molecular weight excluding hydrogens is 373 g/mol. The normalized spacial score (nSPS) is 17.8. The van der Waals surface area contributed by atoms with E-state index < -0.39 is 18.9 Å². The molecule has 0 amide bonds. The van der Waals surface area contributed by atoms with Crippen LogP contribution in [0, 0.1) is 5.41 Å². The van der Waals surface area contributed by atoms with E-state index in [1.54, 1.807) is 32.1 Å². The number of carbonyl (C=O) groups is 1. The van der Waals surface area contributed by atoms with Gasteiger partial charge >= 0.3 is 7.60 Å². The Balaban J connectivity index is 2.54. The van der Waals surface area contributed by atoms with Crippen molar-refractivity contribution in [1.29, 1.82) is 0 Å². The molecule has 1 atom stereocenters. The number of benzene rings is 1. The fourth-order valence-electron chi connectivity index (χ4n) is 2.62. The van der Waals surface area contributed by atoms with Gasteiger partial charge in [-0.05, 0) is 37.6 Å². The fourth-order valence-corrected chi connectivity index (χ4v) is 4.33. The van der Waals surface area contributed by atoms with E-state index in [0.29, 0.717) is 10.7 Å². The van der Waals surface area contributed by atoms with E-state index in [4.69, 9.17) is 20.6 Å². The van der Waals surface area contributed by atoms with Gasteiger partial charge < -0.3 is 9.05 Å². The second-order valence-corrected chi connectivity index (χ2v) is 9.37. The van der Waals surface area contributed by atoms with E-state index in [-0.39, 0.29) is 24.4 Å². The predicted octanol–water partition coefficient (Wildman–Crippen LogP) is 5.60. The SMILES string of the molecule is CCOP(=O)(OCC)C1=CC(c2ccc(Cl)cc2)C(C(=O)C(C)(C)C)=N1.